The molecule has 0 saturated carbocycles. The van der Waals surface area contributed by atoms with E-state index in [9.17, 15) is 22.0 Å². The van der Waals surface area contributed by atoms with Crippen LogP contribution in [0.2, 0.25) is 0 Å². The van der Waals surface area contributed by atoms with Gasteiger partial charge < -0.3 is 5.32 Å². The normalized spacial score (nSPS) is 12.5. The molecule has 0 spiro atoms. The zero-order chi connectivity index (χ0) is 19.4. The molecule has 3 aromatic rings. The van der Waals surface area contributed by atoms with Gasteiger partial charge in [-0.25, -0.2) is 17.2 Å². The zero-order valence-corrected chi connectivity index (χ0v) is 15.4. The van der Waals surface area contributed by atoms with Gasteiger partial charge in [-0.2, -0.15) is 4.72 Å². The fourth-order valence-electron chi connectivity index (χ4n) is 2.35. The van der Waals surface area contributed by atoms with Crippen LogP contribution in [0.5, 0.6) is 0 Å². The number of thiophene rings is 1. The Morgan fingerprint density at radius 1 is 1.00 bits per heavy atom. The highest BCUT2D eigenvalue weighted by Gasteiger charge is 2.28. The lowest BCUT2D eigenvalue weighted by atomic mass is 10.1. The van der Waals surface area contributed by atoms with Crippen LogP contribution >= 0.6 is 11.3 Å². The number of carbonyl (C=O) groups excluding carboxylic acids is 1. The molecule has 0 radical (unpaired) electrons. The third kappa shape index (κ3) is 4.57. The van der Waals surface area contributed by atoms with E-state index in [1.165, 1.54) is 6.07 Å². The van der Waals surface area contributed by atoms with E-state index in [-0.39, 0.29) is 9.90 Å². The number of sulfonamides is 1. The number of halogens is 2. The molecule has 2 aromatic carbocycles. The van der Waals surface area contributed by atoms with Crippen LogP contribution in [0.3, 0.4) is 0 Å². The molecular formula is C18H14F2N2O3S2. The average Bonchev–Trinajstić information content (AvgIpc) is 3.19. The minimum atomic E-state index is -3.98. The lowest BCUT2D eigenvalue weighted by Crippen LogP contribution is -2.36. The molecule has 9 heteroatoms. The first-order valence-corrected chi connectivity index (χ1v) is 10.1. The monoisotopic (exact) mass is 408 g/mol. The van der Waals surface area contributed by atoms with Crippen molar-refractivity contribution in [3.05, 3.63) is 83.2 Å². The van der Waals surface area contributed by atoms with Gasteiger partial charge in [-0.1, -0.05) is 36.4 Å². The maximum atomic E-state index is 13.8. The van der Waals surface area contributed by atoms with E-state index in [1.807, 2.05) is 0 Å². The summed E-state index contributed by atoms with van der Waals surface area (Å²) in [6.45, 7) is 0. The molecule has 3 rings (SSSR count). The Labute approximate surface area is 158 Å². The molecule has 0 fully saturated rings. The van der Waals surface area contributed by atoms with E-state index in [1.54, 1.807) is 41.8 Å². The van der Waals surface area contributed by atoms with Gasteiger partial charge in [-0.05, 0) is 29.1 Å². The number of hydrogen-bond donors (Lipinski definition) is 2. The van der Waals surface area contributed by atoms with Crippen LogP contribution in [-0.2, 0) is 14.8 Å². The van der Waals surface area contributed by atoms with E-state index in [4.69, 9.17) is 0 Å². The van der Waals surface area contributed by atoms with Gasteiger partial charge in [0.05, 0.1) is 5.69 Å². The third-order valence-corrected chi connectivity index (χ3v) is 6.43. The SMILES string of the molecule is O=C(Nc1cc(F)ccc1F)C(NS(=O)(=O)c1cccs1)c1ccccc1. The smallest absolute Gasteiger partial charge is 0.251 e. The number of amides is 1. The second-order valence-corrected chi connectivity index (χ2v) is 8.40. The summed E-state index contributed by atoms with van der Waals surface area (Å²) in [5.41, 5.74) is -0.0248. The number of benzene rings is 2. The molecule has 1 aromatic heterocycles. The highest BCUT2D eigenvalue weighted by atomic mass is 32.2. The zero-order valence-electron chi connectivity index (χ0n) is 13.7. The summed E-state index contributed by atoms with van der Waals surface area (Å²) in [4.78, 5) is 12.7. The largest absolute Gasteiger partial charge is 0.322 e. The second-order valence-electron chi connectivity index (χ2n) is 5.51. The molecule has 5 nitrogen and oxygen atoms in total. The number of hydrogen-bond acceptors (Lipinski definition) is 4. The Morgan fingerprint density at radius 3 is 2.41 bits per heavy atom. The van der Waals surface area contributed by atoms with Crippen molar-refractivity contribution in [3.63, 3.8) is 0 Å². The molecule has 0 aliphatic heterocycles. The molecule has 140 valence electrons. The quantitative estimate of drug-likeness (QED) is 0.653. The third-order valence-electron chi connectivity index (χ3n) is 3.61. The molecule has 0 saturated heterocycles. The lowest BCUT2D eigenvalue weighted by molar-refractivity contribution is -0.117. The van der Waals surface area contributed by atoms with E-state index < -0.39 is 33.6 Å². The average molecular weight is 408 g/mol. The van der Waals surface area contributed by atoms with Crippen LogP contribution in [0.25, 0.3) is 0 Å². The Kier molecular flexibility index (Phi) is 5.64. The Bertz CT molecular complexity index is 1040. The molecule has 0 aliphatic carbocycles. The molecule has 2 N–H and O–H groups in total. The highest BCUT2D eigenvalue weighted by Crippen LogP contribution is 2.23. The highest BCUT2D eigenvalue weighted by molar-refractivity contribution is 7.91. The maximum Gasteiger partial charge on any atom is 0.251 e. The van der Waals surface area contributed by atoms with Crippen molar-refractivity contribution in [2.75, 3.05) is 5.32 Å². The van der Waals surface area contributed by atoms with Gasteiger partial charge in [0.2, 0.25) is 5.91 Å². The van der Waals surface area contributed by atoms with Crippen molar-refractivity contribution in [3.8, 4) is 0 Å². The fraction of sp³-hybridized carbons (Fsp3) is 0.0556. The fourth-order valence-corrected chi connectivity index (χ4v) is 4.54. The van der Waals surface area contributed by atoms with E-state index >= 15 is 0 Å². The van der Waals surface area contributed by atoms with Crippen molar-refractivity contribution in [1.82, 2.24) is 4.72 Å². The number of anilines is 1. The summed E-state index contributed by atoms with van der Waals surface area (Å²) in [5, 5.41) is 3.83. The molecule has 1 unspecified atom stereocenters. The van der Waals surface area contributed by atoms with Crippen LogP contribution in [-0.4, -0.2) is 14.3 Å². The van der Waals surface area contributed by atoms with Crippen LogP contribution in [0, 0.1) is 11.6 Å². The lowest BCUT2D eigenvalue weighted by Gasteiger charge is -2.19. The van der Waals surface area contributed by atoms with Gasteiger partial charge in [0.25, 0.3) is 10.0 Å². The summed E-state index contributed by atoms with van der Waals surface area (Å²) in [7, 11) is -3.98. The maximum absolute atomic E-state index is 13.8. The molecule has 0 aliphatic rings. The number of nitrogens with one attached hydrogen (secondary N) is 2. The first-order valence-electron chi connectivity index (χ1n) is 7.73. The van der Waals surface area contributed by atoms with Crippen LogP contribution in [0.1, 0.15) is 11.6 Å². The summed E-state index contributed by atoms with van der Waals surface area (Å²) < 4.78 is 54.6. The van der Waals surface area contributed by atoms with Gasteiger partial charge in [-0.15, -0.1) is 11.3 Å². The first-order chi connectivity index (χ1) is 12.9. The van der Waals surface area contributed by atoms with Gasteiger partial charge in [-0.3, -0.25) is 4.79 Å². The summed E-state index contributed by atoms with van der Waals surface area (Å²) in [6.07, 6.45) is 0. The van der Waals surface area contributed by atoms with Gasteiger partial charge in [0, 0.05) is 6.07 Å². The number of rotatable bonds is 6. The minimum Gasteiger partial charge on any atom is -0.322 e. The van der Waals surface area contributed by atoms with Crippen molar-refractivity contribution < 1.29 is 22.0 Å². The number of carbonyl (C=O) groups is 1. The molecule has 1 amide bonds. The topological polar surface area (TPSA) is 75.3 Å². The van der Waals surface area contributed by atoms with E-state index in [0.717, 1.165) is 29.5 Å². The Hall–Kier alpha value is -2.62. The Balaban J connectivity index is 1.93. The van der Waals surface area contributed by atoms with Crippen LogP contribution in [0.15, 0.2) is 70.3 Å². The van der Waals surface area contributed by atoms with Crippen LogP contribution < -0.4 is 10.0 Å². The molecule has 1 atom stereocenters. The summed E-state index contributed by atoms with van der Waals surface area (Å²) >= 11 is 0.995. The standard InChI is InChI=1S/C18H14F2N2O3S2/c19-13-8-9-14(20)15(11-13)21-18(23)17(12-5-2-1-3-6-12)22-27(24,25)16-7-4-10-26-16/h1-11,17,22H,(H,21,23). The minimum absolute atomic E-state index is 0.0353. The molecule has 1 heterocycles. The predicted molar refractivity (Wildman–Crippen MR) is 98.8 cm³/mol. The van der Waals surface area contributed by atoms with Gasteiger partial charge >= 0.3 is 0 Å². The van der Waals surface area contributed by atoms with Crippen LogP contribution in [0.4, 0.5) is 14.5 Å². The van der Waals surface area contributed by atoms with Crippen molar-refractivity contribution >= 4 is 33.0 Å². The van der Waals surface area contributed by atoms with E-state index in [2.05, 4.69) is 10.0 Å². The van der Waals surface area contributed by atoms with E-state index in [0.29, 0.717) is 5.56 Å². The predicted octanol–water partition coefficient (Wildman–Crippen LogP) is 3.68. The van der Waals surface area contributed by atoms with Gasteiger partial charge in [0.1, 0.15) is 21.9 Å². The molecule has 0 bridgehead atoms. The second kappa shape index (κ2) is 7.95. The van der Waals surface area contributed by atoms with Crippen molar-refractivity contribution in [2.45, 2.75) is 10.3 Å². The molecular weight excluding hydrogens is 394 g/mol. The molecule has 27 heavy (non-hydrogen) atoms. The summed E-state index contributed by atoms with van der Waals surface area (Å²) in [5.74, 6) is -2.41. The van der Waals surface area contributed by atoms with Gasteiger partial charge in [0.15, 0.2) is 0 Å². The Morgan fingerprint density at radius 2 is 1.74 bits per heavy atom. The van der Waals surface area contributed by atoms with Crippen molar-refractivity contribution in [2.24, 2.45) is 0 Å². The summed E-state index contributed by atoms with van der Waals surface area (Å²) in [6, 6.07) is 12.3. The first kappa shape index (κ1) is 19.2. The van der Waals surface area contributed by atoms with Crippen molar-refractivity contribution in [1.29, 1.82) is 0 Å².